The first-order valence-electron chi connectivity index (χ1n) is 16.3. The van der Waals surface area contributed by atoms with E-state index >= 15 is 0 Å². The summed E-state index contributed by atoms with van der Waals surface area (Å²) in [6, 6.07) is 0.387. The first-order valence-corrected chi connectivity index (χ1v) is 16.8. The fourth-order valence-electron chi connectivity index (χ4n) is 8.78. The number of hydrogen-bond acceptors (Lipinski definition) is 5. The zero-order valence-electron chi connectivity index (χ0n) is 24.5. The van der Waals surface area contributed by atoms with Gasteiger partial charge in [0, 0.05) is 5.57 Å². The summed E-state index contributed by atoms with van der Waals surface area (Å²) in [4.78, 5) is 11.2. The minimum Gasteiger partial charge on any atom is -0.435 e. The van der Waals surface area contributed by atoms with E-state index in [1.165, 1.54) is 116 Å². The average molecular weight is 567 g/mol. The maximum atomic E-state index is 11.2. The molecule has 6 fully saturated rings. The third-order valence-corrected chi connectivity index (χ3v) is 10.9. The molecule has 224 valence electrons. The van der Waals surface area contributed by atoms with E-state index in [1.54, 1.807) is 6.92 Å². The van der Waals surface area contributed by atoms with Gasteiger partial charge in [-0.2, -0.15) is 0 Å². The molecule has 6 heteroatoms. The molecule has 0 amide bonds. The van der Waals surface area contributed by atoms with Crippen LogP contribution in [0, 0.1) is 35.5 Å². The summed E-state index contributed by atoms with van der Waals surface area (Å²) in [5.74, 6) is 4.02. The summed E-state index contributed by atoms with van der Waals surface area (Å²) in [5, 5.41) is 9.69. The highest BCUT2D eigenvalue weighted by atomic mass is 35.5. The number of aliphatic hydroxyl groups is 1. The number of esters is 1. The van der Waals surface area contributed by atoms with Gasteiger partial charge in [0.1, 0.15) is 6.07 Å². The van der Waals surface area contributed by atoms with Gasteiger partial charge in [0.15, 0.2) is 6.79 Å². The summed E-state index contributed by atoms with van der Waals surface area (Å²) in [7, 11) is 0. The van der Waals surface area contributed by atoms with E-state index < -0.39 is 0 Å². The van der Waals surface area contributed by atoms with Gasteiger partial charge in [0.2, 0.25) is 0 Å². The van der Waals surface area contributed by atoms with Gasteiger partial charge in [-0.15, -0.1) is 0 Å². The molecule has 6 bridgehead atoms. The van der Waals surface area contributed by atoms with Crippen LogP contribution >= 0.6 is 11.6 Å². The fourth-order valence-corrected chi connectivity index (χ4v) is 8.92. The molecule has 6 rings (SSSR count). The number of carbonyl (C=O) groups excluding carboxylic acids is 1. The Balaban J connectivity index is 0.000000141. The first-order chi connectivity index (χ1) is 19.0. The lowest BCUT2D eigenvalue weighted by atomic mass is 9.70. The highest BCUT2D eigenvalue weighted by molar-refractivity contribution is 6.17. The number of carbonyl (C=O) groups is 1. The van der Waals surface area contributed by atoms with Crippen LogP contribution in [0.5, 0.6) is 0 Å². The standard InChI is InChI=1S/C14H22O3.C10H17ClO.C9H16O/c1-10(2)14(15)17-9-16-13-11-5-3-6-12(13)8-4-7-11;11-7-12-10-8-3-1-4-9(10)6-2-5-8;10-9-7-3-1-4-8(9)6-2-5-7/h11-13H,1,3-9H2,2H3;8-10H,1-7H2;7-10H,1-6H2. The minimum atomic E-state index is -0.356. The first kappa shape index (κ1) is 31.3. The normalized spacial score (nSPS) is 38.7. The molecule has 0 unspecified atom stereocenters. The quantitative estimate of drug-likeness (QED) is 0.152. The Morgan fingerprint density at radius 3 is 1.31 bits per heavy atom. The molecule has 0 aromatic heterocycles. The van der Waals surface area contributed by atoms with Crippen LogP contribution < -0.4 is 0 Å². The molecular weight excluding hydrogens is 512 g/mol. The predicted octanol–water partition coefficient (Wildman–Crippen LogP) is 8.16. The van der Waals surface area contributed by atoms with E-state index in [9.17, 15) is 9.90 Å². The number of aliphatic hydroxyl groups excluding tert-OH is 1. The van der Waals surface area contributed by atoms with Gasteiger partial charge in [-0.05, 0) is 119 Å². The van der Waals surface area contributed by atoms with E-state index in [1.807, 2.05) is 0 Å². The Morgan fingerprint density at radius 2 is 1.00 bits per heavy atom. The molecule has 5 nitrogen and oxygen atoms in total. The van der Waals surface area contributed by atoms with Gasteiger partial charge in [0.05, 0.1) is 18.3 Å². The fraction of sp³-hybridized carbons (Fsp3) is 0.909. The Morgan fingerprint density at radius 1 is 0.667 bits per heavy atom. The lowest BCUT2D eigenvalue weighted by molar-refractivity contribution is -0.169. The second-order valence-corrected chi connectivity index (χ2v) is 13.6. The van der Waals surface area contributed by atoms with Crippen molar-refractivity contribution in [3.05, 3.63) is 12.2 Å². The second kappa shape index (κ2) is 16.1. The van der Waals surface area contributed by atoms with Gasteiger partial charge in [0.25, 0.3) is 0 Å². The van der Waals surface area contributed by atoms with Crippen LogP contribution in [0.4, 0.5) is 0 Å². The highest BCUT2D eigenvalue weighted by Gasteiger charge is 2.38. The second-order valence-electron chi connectivity index (χ2n) is 13.3. The number of hydrogen-bond donors (Lipinski definition) is 1. The highest BCUT2D eigenvalue weighted by Crippen LogP contribution is 2.43. The number of ether oxygens (including phenoxy) is 3. The predicted molar refractivity (Wildman–Crippen MR) is 156 cm³/mol. The van der Waals surface area contributed by atoms with Crippen LogP contribution in [0.2, 0.25) is 0 Å². The molecule has 0 radical (unpaired) electrons. The van der Waals surface area contributed by atoms with Crippen molar-refractivity contribution in [2.45, 2.75) is 141 Å². The molecule has 0 spiro atoms. The van der Waals surface area contributed by atoms with E-state index in [4.69, 9.17) is 25.8 Å². The molecule has 0 saturated heterocycles. The smallest absolute Gasteiger partial charge is 0.335 e. The molecule has 6 aliphatic carbocycles. The summed E-state index contributed by atoms with van der Waals surface area (Å²) in [6.07, 6.45) is 24.9. The third kappa shape index (κ3) is 8.93. The summed E-state index contributed by atoms with van der Waals surface area (Å²) in [6.45, 7) is 5.28. The molecule has 0 heterocycles. The molecule has 0 atom stereocenters. The maximum Gasteiger partial charge on any atom is 0.335 e. The summed E-state index contributed by atoms with van der Waals surface area (Å²) >= 11 is 5.62. The van der Waals surface area contributed by atoms with Crippen molar-refractivity contribution >= 4 is 17.6 Å². The van der Waals surface area contributed by atoms with E-state index in [2.05, 4.69) is 6.58 Å². The summed E-state index contributed by atoms with van der Waals surface area (Å²) in [5.41, 5.74) is 0.428. The molecule has 1 N–H and O–H groups in total. The van der Waals surface area contributed by atoms with Crippen molar-refractivity contribution in [3.63, 3.8) is 0 Å². The number of halogens is 1. The third-order valence-electron chi connectivity index (χ3n) is 10.8. The van der Waals surface area contributed by atoms with Crippen molar-refractivity contribution < 1.29 is 24.1 Å². The maximum absolute atomic E-state index is 11.2. The number of fused-ring (bicyclic) bond motifs is 6. The van der Waals surface area contributed by atoms with E-state index in [0.717, 1.165) is 11.8 Å². The van der Waals surface area contributed by atoms with Crippen LogP contribution in [0.25, 0.3) is 0 Å². The Hall–Kier alpha value is -0.620. The van der Waals surface area contributed by atoms with Crippen molar-refractivity contribution in [3.8, 4) is 0 Å². The molecule has 0 aliphatic heterocycles. The van der Waals surface area contributed by atoms with Gasteiger partial charge >= 0.3 is 5.97 Å². The lowest BCUT2D eigenvalue weighted by Gasteiger charge is -2.41. The zero-order chi connectivity index (χ0) is 27.6. The number of rotatable bonds is 6. The topological polar surface area (TPSA) is 65.0 Å². The van der Waals surface area contributed by atoms with Crippen molar-refractivity contribution in [2.24, 2.45) is 35.5 Å². The summed E-state index contributed by atoms with van der Waals surface area (Å²) < 4.78 is 16.4. The van der Waals surface area contributed by atoms with E-state index in [-0.39, 0.29) is 18.9 Å². The monoisotopic (exact) mass is 566 g/mol. The molecular formula is C33H55ClO5. The zero-order valence-corrected chi connectivity index (χ0v) is 25.3. The average Bonchev–Trinajstić information content (AvgIpc) is 2.89. The van der Waals surface area contributed by atoms with Crippen LogP contribution in [0.3, 0.4) is 0 Å². The van der Waals surface area contributed by atoms with Crippen LogP contribution in [-0.4, -0.2) is 42.2 Å². The van der Waals surface area contributed by atoms with Crippen LogP contribution in [0.15, 0.2) is 12.2 Å². The van der Waals surface area contributed by atoms with E-state index in [0.29, 0.717) is 47.5 Å². The Labute approximate surface area is 242 Å². The molecule has 6 aliphatic rings. The largest absolute Gasteiger partial charge is 0.435 e. The van der Waals surface area contributed by atoms with Gasteiger partial charge in [-0.1, -0.05) is 56.7 Å². The molecule has 0 aromatic carbocycles. The molecule has 6 saturated carbocycles. The van der Waals surface area contributed by atoms with Crippen molar-refractivity contribution in [1.29, 1.82) is 0 Å². The van der Waals surface area contributed by atoms with Gasteiger partial charge in [-0.3, -0.25) is 0 Å². The molecule has 39 heavy (non-hydrogen) atoms. The molecule has 0 aromatic rings. The van der Waals surface area contributed by atoms with Crippen molar-refractivity contribution in [1.82, 2.24) is 0 Å². The van der Waals surface area contributed by atoms with Crippen molar-refractivity contribution in [2.75, 3.05) is 12.9 Å². The van der Waals surface area contributed by atoms with Gasteiger partial charge < -0.3 is 19.3 Å². The van der Waals surface area contributed by atoms with Crippen LogP contribution in [0.1, 0.15) is 122 Å². The lowest BCUT2D eigenvalue weighted by Crippen LogP contribution is -2.39. The van der Waals surface area contributed by atoms with Crippen LogP contribution in [-0.2, 0) is 19.0 Å². The minimum absolute atomic E-state index is 0.0718. The Bertz CT molecular complexity index is 692. The van der Waals surface area contributed by atoms with Gasteiger partial charge in [-0.25, -0.2) is 4.79 Å². The number of alkyl halides is 1. The SMILES string of the molecule is C=C(C)C(=O)OCOC1C2CCCC1CCC2.ClCOC1C2CCCC1CCC2.OC1C2CCCC1CCC2. The Kier molecular flexibility index (Phi) is 13.0.